The van der Waals surface area contributed by atoms with Crippen molar-refractivity contribution in [2.24, 2.45) is 5.92 Å². The molecule has 1 rings (SSSR count). The zero-order valence-electron chi connectivity index (χ0n) is 10.5. The lowest BCUT2D eigenvalue weighted by atomic mass is 10.1. The van der Waals surface area contributed by atoms with E-state index in [1.165, 1.54) is 9.88 Å². The molecule has 0 fully saturated rings. The fourth-order valence-electron chi connectivity index (χ4n) is 1.29. The first-order valence-corrected chi connectivity index (χ1v) is 6.65. The second-order valence-electron chi connectivity index (χ2n) is 4.65. The Labute approximate surface area is 102 Å². The molecular weight excluding hydrogens is 220 g/mol. The van der Waals surface area contributed by atoms with Crippen LogP contribution in [-0.4, -0.2) is 22.7 Å². The first-order valence-electron chi connectivity index (χ1n) is 5.83. The highest BCUT2D eigenvalue weighted by atomic mass is 32.1. The number of rotatable bonds is 6. The van der Waals surface area contributed by atoms with Gasteiger partial charge >= 0.3 is 0 Å². The van der Waals surface area contributed by atoms with E-state index in [9.17, 15) is 0 Å². The third-order valence-electron chi connectivity index (χ3n) is 2.81. The highest BCUT2D eigenvalue weighted by Gasteiger charge is 2.11. The minimum Gasteiger partial charge on any atom is -0.396 e. The quantitative estimate of drug-likeness (QED) is 0.805. The van der Waals surface area contributed by atoms with Crippen LogP contribution in [0.3, 0.4) is 0 Å². The third-order valence-corrected chi connectivity index (χ3v) is 4.10. The Hall–Kier alpha value is -0.450. The second kappa shape index (κ2) is 6.33. The fourth-order valence-corrected chi connectivity index (χ4v) is 2.16. The van der Waals surface area contributed by atoms with Crippen LogP contribution in [0.15, 0.2) is 6.20 Å². The summed E-state index contributed by atoms with van der Waals surface area (Å²) >= 11 is 1.77. The Morgan fingerprint density at radius 1 is 1.38 bits per heavy atom. The van der Waals surface area contributed by atoms with Gasteiger partial charge in [-0.1, -0.05) is 20.8 Å². The summed E-state index contributed by atoms with van der Waals surface area (Å²) < 4.78 is 0. The van der Waals surface area contributed by atoms with Crippen molar-refractivity contribution in [3.63, 3.8) is 0 Å². The minimum absolute atomic E-state index is 0.230. The normalized spacial score (nSPS) is 15.4. The molecule has 0 radical (unpaired) electrons. The van der Waals surface area contributed by atoms with E-state index in [4.69, 9.17) is 5.11 Å². The van der Waals surface area contributed by atoms with Gasteiger partial charge in [0, 0.05) is 36.2 Å². The van der Waals surface area contributed by atoms with Crippen molar-refractivity contribution < 1.29 is 5.11 Å². The maximum Gasteiger partial charge on any atom is 0.0953 e. The maximum atomic E-state index is 9.03. The average molecular weight is 242 g/mol. The maximum absolute atomic E-state index is 9.03. The lowest BCUT2D eigenvalue weighted by Crippen LogP contribution is -2.33. The van der Waals surface area contributed by atoms with Crippen molar-refractivity contribution in [1.82, 2.24) is 10.3 Å². The molecule has 0 spiro atoms. The van der Waals surface area contributed by atoms with Crippen LogP contribution in [0.5, 0.6) is 0 Å². The van der Waals surface area contributed by atoms with Crippen LogP contribution in [0, 0.1) is 5.92 Å². The van der Waals surface area contributed by atoms with E-state index < -0.39 is 0 Å². The zero-order chi connectivity index (χ0) is 12.1. The third kappa shape index (κ3) is 3.85. The molecule has 1 aromatic heterocycles. The molecule has 4 heteroatoms. The summed E-state index contributed by atoms with van der Waals surface area (Å²) in [6, 6.07) is 0.328. The molecule has 3 nitrogen and oxygen atoms in total. The van der Waals surface area contributed by atoms with Crippen molar-refractivity contribution in [2.45, 2.75) is 46.2 Å². The van der Waals surface area contributed by atoms with Gasteiger partial charge in [-0.05, 0) is 12.8 Å². The highest BCUT2D eigenvalue weighted by Crippen LogP contribution is 2.21. The number of hydrogen-bond donors (Lipinski definition) is 2. The van der Waals surface area contributed by atoms with Gasteiger partial charge in [-0.2, -0.15) is 0 Å². The summed E-state index contributed by atoms with van der Waals surface area (Å²) in [6.07, 6.45) is 1.95. The Balaban J connectivity index is 2.42. The van der Waals surface area contributed by atoms with E-state index in [0.29, 0.717) is 12.0 Å². The standard InChI is InChI=1S/C12H22N2OS/c1-8(2)12-14-6-11(16-12)5-13-10(4)9(3)7-15/h6,8-10,13,15H,5,7H2,1-4H3. The molecule has 2 N–H and O–H groups in total. The Morgan fingerprint density at radius 3 is 2.56 bits per heavy atom. The second-order valence-corrected chi connectivity index (χ2v) is 5.80. The smallest absolute Gasteiger partial charge is 0.0953 e. The lowest BCUT2D eigenvalue weighted by molar-refractivity contribution is 0.207. The molecule has 16 heavy (non-hydrogen) atoms. The van der Waals surface area contributed by atoms with Crippen LogP contribution in [0.1, 0.15) is 43.5 Å². The van der Waals surface area contributed by atoms with Crippen LogP contribution < -0.4 is 5.32 Å². The summed E-state index contributed by atoms with van der Waals surface area (Å²) in [4.78, 5) is 5.65. The number of nitrogens with zero attached hydrogens (tertiary/aromatic N) is 1. The number of hydrogen-bond acceptors (Lipinski definition) is 4. The van der Waals surface area contributed by atoms with E-state index in [1.54, 1.807) is 11.3 Å². The van der Waals surface area contributed by atoms with Crippen molar-refractivity contribution in [2.75, 3.05) is 6.61 Å². The number of aliphatic hydroxyl groups is 1. The predicted molar refractivity (Wildman–Crippen MR) is 68.8 cm³/mol. The molecule has 0 saturated heterocycles. The van der Waals surface area contributed by atoms with Gasteiger partial charge in [0.2, 0.25) is 0 Å². The molecule has 0 aliphatic carbocycles. The predicted octanol–water partition coefficient (Wildman–Crippen LogP) is 2.37. The molecule has 0 amide bonds. The first kappa shape index (κ1) is 13.6. The molecular formula is C12H22N2OS. The van der Waals surface area contributed by atoms with Gasteiger partial charge < -0.3 is 10.4 Å². The Morgan fingerprint density at radius 2 is 2.06 bits per heavy atom. The molecule has 0 aliphatic rings. The first-order chi connectivity index (χ1) is 7.54. The molecule has 2 atom stereocenters. The number of aromatic nitrogens is 1. The summed E-state index contributed by atoms with van der Waals surface area (Å²) in [5.74, 6) is 0.796. The van der Waals surface area contributed by atoms with E-state index in [1.807, 2.05) is 13.1 Å². The van der Waals surface area contributed by atoms with Crippen LogP contribution in [0.25, 0.3) is 0 Å². The van der Waals surface area contributed by atoms with E-state index >= 15 is 0 Å². The lowest BCUT2D eigenvalue weighted by Gasteiger charge is -2.18. The fraction of sp³-hybridized carbons (Fsp3) is 0.750. The van der Waals surface area contributed by atoms with Crippen LogP contribution >= 0.6 is 11.3 Å². The van der Waals surface area contributed by atoms with Crippen LogP contribution in [0.4, 0.5) is 0 Å². The number of thiazole rings is 1. The SMILES string of the molecule is CC(C)c1ncc(CNC(C)C(C)CO)s1. The molecule has 0 aliphatic heterocycles. The van der Waals surface area contributed by atoms with Crippen molar-refractivity contribution in [3.8, 4) is 0 Å². The zero-order valence-corrected chi connectivity index (χ0v) is 11.3. The summed E-state index contributed by atoms with van der Waals surface area (Å²) in [7, 11) is 0. The number of nitrogens with one attached hydrogen (secondary N) is 1. The van der Waals surface area contributed by atoms with Gasteiger partial charge in [-0.25, -0.2) is 4.98 Å². The molecule has 1 heterocycles. The van der Waals surface area contributed by atoms with E-state index in [0.717, 1.165) is 6.54 Å². The van der Waals surface area contributed by atoms with Gasteiger partial charge in [0.15, 0.2) is 0 Å². The Bertz CT molecular complexity index is 312. The summed E-state index contributed by atoms with van der Waals surface area (Å²) in [5.41, 5.74) is 0. The van der Waals surface area contributed by atoms with E-state index in [2.05, 4.69) is 31.1 Å². The molecule has 0 aromatic carbocycles. The minimum atomic E-state index is 0.230. The topological polar surface area (TPSA) is 45.2 Å². The summed E-state index contributed by atoms with van der Waals surface area (Å²) in [5, 5.41) is 13.6. The highest BCUT2D eigenvalue weighted by molar-refractivity contribution is 7.11. The molecule has 0 saturated carbocycles. The number of aliphatic hydroxyl groups excluding tert-OH is 1. The molecule has 0 bridgehead atoms. The van der Waals surface area contributed by atoms with Crippen LogP contribution in [0.2, 0.25) is 0 Å². The monoisotopic (exact) mass is 242 g/mol. The largest absolute Gasteiger partial charge is 0.396 e. The van der Waals surface area contributed by atoms with Gasteiger partial charge in [0.25, 0.3) is 0 Å². The molecule has 1 aromatic rings. The van der Waals surface area contributed by atoms with Crippen molar-refractivity contribution in [3.05, 3.63) is 16.1 Å². The van der Waals surface area contributed by atoms with E-state index in [-0.39, 0.29) is 12.5 Å². The van der Waals surface area contributed by atoms with Crippen molar-refractivity contribution >= 4 is 11.3 Å². The summed E-state index contributed by atoms with van der Waals surface area (Å²) in [6.45, 7) is 9.54. The van der Waals surface area contributed by atoms with Crippen molar-refractivity contribution in [1.29, 1.82) is 0 Å². The average Bonchev–Trinajstić information content (AvgIpc) is 2.73. The van der Waals surface area contributed by atoms with Gasteiger partial charge in [0.05, 0.1) is 5.01 Å². The Kier molecular flexibility index (Phi) is 5.38. The van der Waals surface area contributed by atoms with Gasteiger partial charge in [-0.15, -0.1) is 11.3 Å². The van der Waals surface area contributed by atoms with Gasteiger partial charge in [0.1, 0.15) is 0 Å². The molecule has 92 valence electrons. The van der Waals surface area contributed by atoms with Crippen LogP contribution in [-0.2, 0) is 6.54 Å². The molecule has 2 unspecified atom stereocenters. The van der Waals surface area contributed by atoms with Gasteiger partial charge in [-0.3, -0.25) is 0 Å².